The molecule has 2 rings (SSSR count). The molecule has 1 aliphatic rings. The smallest absolute Gasteiger partial charge is 0.213 e. The summed E-state index contributed by atoms with van der Waals surface area (Å²) in [5.74, 6) is 0.540. The highest BCUT2D eigenvalue weighted by atomic mass is 16.5. The highest BCUT2D eigenvalue weighted by molar-refractivity contribution is 5.23. The molecule has 2 heterocycles. The summed E-state index contributed by atoms with van der Waals surface area (Å²) in [5, 5.41) is 12.9. The quantitative estimate of drug-likeness (QED) is 0.666. The molecule has 0 saturated carbocycles. The van der Waals surface area contributed by atoms with Gasteiger partial charge in [0, 0.05) is 19.2 Å². The number of nitrogens with zero attached hydrogens (tertiary/aromatic N) is 1. The van der Waals surface area contributed by atoms with Crippen LogP contribution in [0.3, 0.4) is 0 Å². The van der Waals surface area contributed by atoms with Crippen LogP contribution in [0.1, 0.15) is 5.69 Å². The van der Waals surface area contributed by atoms with Crippen LogP contribution in [0.5, 0.6) is 5.88 Å². The summed E-state index contributed by atoms with van der Waals surface area (Å²) in [6.45, 7) is 1.13. The van der Waals surface area contributed by atoms with E-state index in [1.165, 1.54) is 0 Å². The fraction of sp³-hybridized carbons (Fsp3) is 0.444. The van der Waals surface area contributed by atoms with Gasteiger partial charge in [-0.05, 0) is 6.07 Å². The SMILES string of the molecule is COc1cccc(C2(O)CNC2)n1. The molecule has 0 unspecified atom stereocenters. The van der Waals surface area contributed by atoms with Gasteiger partial charge in [-0.15, -0.1) is 0 Å². The zero-order valence-corrected chi connectivity index (χ0v) is 7.45. The van der Waals surface area contributed by atoms with Crippen molar-refractivity contribution in [1.29, 1.82) is 0 Å². The van der Waals surface area contributed by atoms with Crippen LogP contribution in [0.4, 0.5) is 0 Å². The number of aliphatic hydroxyl groups is 1. The van der Waals surface area contributed by atoms with Gasteiger partial charge in [-0.25, -0.2) is 4.98 Å². The van der Waals surface area contributed by atoms with Gasteiger partial charge in [0.25, 0.3) is 0 Å². The van der Waals surface area contributed by atoms with Gasteiger partial charge in [0.15, 0.2) is 0 Å². The molecular weight excluding hydrogens is 168 g/mol. The largest absolute Gasteiger partial charge is 0.481 e. The Bertz CT molecular complexity index is 310. The molecule has 1 aliphatic heterocycles. The number of methoxy groups -OCH3 is 1. The lowest BCUT2D eigenvalue weighted by Crippen LogP contribution is -2.57. The monoisotopic (exact) mass is 180 g/mol. The first-order chi connectivity index (χ1) is 6.24. The van der Waals surface area contributed by atoms with Crippen LogP contribution in [0, 0.1) is 0 Å². The maximum atomic E-state index is 9.92. The second-order valence-corrected chi connectivity index (χ2v) is 3.20. The van der Waals surface area contributed by atoms with Gasteiger partial charge in [0.1, 0.15) is 5.60 Å². The Morgan fingerprint density at radius 1 is 1.54 bits per heavy atom. The van der Waals surface area contributed by atoms with Gasteiger partial charge < -0.3 is 15.2 Å². The number of β-amino-alcohol motifs (C(OH)–C–C–N with tert-alkyl or cyclic N) is 1. The zero-order valence-electron chi connectivity index (χ0n) is 7.45. The molecule has 0 spiro atoms. The maximum Gasteiger partial charge on any atom is 0.213 e. The van der Waals surface area contributed by atoms with E-state index < -0.39 is 5.60 Å². The van der Waals surface area contributed by atoms with Gasteiger partial charge in [0.05, 0.1) is 12.8 Å². The van der Waals surface area contributed by atoms with Gasteiger partial charge in [-0.2, -0.15) is 0 Å². The Morgan fingerprint density at radius 2 is 2.31 bits per heavy atom. The standard InChI is InChI=1S/C9H12N2O2/c1-13-8-4-2-3-7(11-8)9(12)5-10-6-9/h2-4,10,12H,5-6H2,1H3. The molecule has 0 aliphatic carbocycles. The summed E-state index contributed by atoms with van der Waals surface area (Å²) < 4.78 is 4.98. The summed E-state index contributed by atoms with van der Waals surface area (Å²) in [5.41, 5.74) is -0.125. The van der Waals surface area contributed by atoms with Gasteiger partial charge in [0.2, 0.25) is 5.88 Å². The molecule has 1 aromatic rings. The molecule has 1 saturated heterocycles. The summed E-state index contributed by atoms with van der Waals surface area (Å²) in [6, 6.07) is 5.40. The van der Waals surface area contributed by atoms with Crippen LogP contribution in [0.25, 0.3) is 0 Å². The summed E-state index contributed by atoms with van der Waals surface area (Å²) in [4.78, 5) is 4.17. The molecule has 0 radical (unpaired) electrons. The van der Waals surface area contributed by atoms with Crippen molar-refractivity contribution in [1.82, 2.24) is 10.3 Å². The van der Waals surface area contributed by atoms with Gasteiger partial charge >= 0.3 is 0 Å². The van der Waals surface area contributed by atoms with Crippen LogP contribution in [-0.4, -0.2) is 30.3 Å². The average molecular weight is 180 g/mol. The van der Waals surface area contributed by atoms with E-state index in [1.807, 2.05) is 12.1 Å². The predicted molar refractivity (Wildman–Crippen MR) is 47.6 cm³/mol. The van der Waals surface area contributed by atoms with Gasteiger partial charge in [-0.1, -0.05) is 6.07 Å². The summed E-state index contributed by atoms with van der Waals surface area (Å²) >= 11 is 0. The van der Waals surface area contributed by atoms with Crippen LogP contribution >= 0.6 is 0 Å². The Balaban J connectivity index is 2.29. The number of ether oxygens (including phenoxy) is 1. The van der Waals surface area contributed by atoms with E-state index in [9.17, 15) is 5.11 Å². The number of aromatic nitrogens is 1. The van der Waals surface area contributed by atoms with E-state index in [0.29, 0.717) is 24.7 Å². The van der Waals surface area contributed by atoms with Crippen LogP contribution in [0.2, 0.25) is 0 Å². The Kier molecular flexibility index (Phi) is 1.94. The molecule has 1 aromatic heterocycles. The number of nitrogens with one attached hydrogen (secondary N) is 1. The number of rotatable bonds is 2. The summed E-state index contributed by atoms with van der Waals surface area (Å²) in [6.07, 6.45) is 0. The molecule has 13 heavy (non-hydrogen) atoms. The number of hydrogen-bond donors (Lipinski definition) is 2. The third-order valence-electron chi connectivity index (χ3n) is 2.24. The van der Waals surface area contributed by atoms with Crippen LogP contribution in [0.15, 0.2) is 18.2 Å². The fourth-order valence-electron chi connectivity index (χ4n) is 1.33. The molecule has 4 heteroatoms. The molecule has 0 aromatic carbocycles. The molecule has 0 atom stereocenters. The number of hydrogen-bond acceptors (Lipinski definition) is 4. The minimum Gasteiger partial charge on any atom is -0.481 e. The van der Waals surface area contributed by atoms with Crippen molar-refractivity contribution < 1.29 is 9.84 Å². The van der Waals surface area contributed by atoms with E-state index in [-0.39, 0.29) is 0 Å². The first kappa shape index (κ1) is 8.47. The van der Waals surface area contributed by atoms with Crippen molar-refractivity contribution >= 4 is 0 Å². The summed E-state index contributed by atoms with van der Waals surface area (Å²) in [7, 11) is 1.56. The third kappa shape index (κ3) is 1.38. The first-order valence-electron chi connectivity index (χ1n) is 4.19. The fourth-order valence-corrected chi connectivity index (χ4v) is 1.33. The molecule has 4 nitrogen and oxygen atoms in total. The highest BCUT2D eigenvalue weighted by Crippen LogP contribution is 2.24. The van der Waals surface area contributed by atoms with Gasteiger partial charge in [-0.3, -0.25) is 0 Å². The molecule has 1 fully saturated rings. The lowest BCUT2D eigenvalue weighted by molar-refractivity contribution is -0.0189. The van der Waals surface area contributed by atoms with Crippen molar-refractivity contribution in [2.75, 3.05) is 20.2 Å². The zero-order chi connectivity index (χ0) is 9.31. The average Bonchev–Trinajstić information content (AvgIpc) is 2.14. The lowest BCUT2D eigenvalue weighted by atomic mass is 9.93. The third-order valence-corrected chi connectivity index (χ3v) is 2.24. The maximum absolute atomic E-state index is 9.92. The minimum absolute atomic E-state index is 0.540. The highest BCUT2D eigenvalue weighted by Gasteiger charge is 2.37. The molecule has 0 amide bonds. The van der Waals surface area contributed by atoms with Crippen molar-refractivity contribution in [3.63, 3.8) is 0 Å². The number of pyridine rings is 1. The van der Waals surface area contributed by atoms with E-state index in [2.05, 4.69) is 10.3 Å². The van der Waals surface area contributed by atoms with Crippen molar-refractivity contribution in [2.24, 2.45) is 0 Å². The van der Waals surface area contributed by atoms with Crippen molar-refractivity contribution in [2.45, 2.75) is 5.60 Å². The molecule has 2 N–H and O–H groups in total. The lowest BCUT2D eigenvalue weighted by Gasteiger charge is -2.36. The van der Waals surface area contributed by atoms with E-state index in [1.54, 1.807) is 13.2 Å². The Morgan fingerprint density at radius 3 is 2.85 bits per heavy atom. The second-order valence-electron chi connectivity index (χ2n) is 3.20. The topological polar surface area (TPSA) is 54.4 Å². The Hall–Kier alpha value is -1.13. The molecule has 70 valence electrons. The van der Waals surface area contributed by atoms with Crippen LogP contribution in [-0.2, 0) is 5.60 Å². The normalized spacial score (nSPS) is 19.2. The van der Waals surface area contributed by atoms with Crippen molar-refractivity contribution in [3.05, 3.63) is 23.9 Å². The van der Waals surface area contributed by atoms with E-state index >= 15 is 0 Å². The van der Waals surface area contributed by atoms with E-state index in [0.717, 1.165) is 0 Å². The minimum atomic E-state index is -0.797. The molecule has 0 bridgehead atoms. The Labute approximate surface area is 76.6 Å². The molecular formula is C9H12N2O2. The first-order valence-corrected chi connectivity index (χ1v) is 4.19. The van der Waals surface area contributed by atoms with Crippen LogP contribution < -0.4 is 10.1 Å². The predicted octanol–water partition coefficient (Wildman–Crippen LogP) is -0.119. The second kappa shape index (κ2) is 2.97. The van der Waals surface area contributed by atoms with E-state index in [4.69, 9.17) is 4.74 Å². The van der Waals surface area contributed by atoms with Crippen molar-refractivity contribution in [3.8, 4) is 5.88 Å².